The summed E-state index contributed by atoms with van der Waals surface area (Å²) in [6, 6.07) is 11.8. The molecule has 3 aromatic rings. The summed E-state index contributed by atoms with van der Waals surface area (Å²) in [5.41, 5.74) is 0.943. The molecule has 0 saturated carbocycles. The van der Waals surface area contributed by atoms with E-state index in [-0.39, 0.29) is 11.8 Å². The number of halogens is 2. The number of para-hydroxylation sites is 1. The standard InChI is InChI=1S/C16H11Cl2N3O3/c1-23-13-5-3-2-4-10(13)15-20-21-16(24-15)14(22)19-12-8-9(17)6-7-11(12)18/h2-8H,1H3,(H,19,22). The van der Waals surface area contributed by atoms with Crippen molar-refractivity contribution in [2.24, 2.45) is 0 Å². The molecule has 0 radical (unpaired) electrons. The number of hydrogen-bond donors (Lipinski definition) is 1. The quantitative estimate of drug-likeness (QED) is 0.747. The van der Waals surface area contributed by atoms with Gasteiger partial charge in [0.2, 0.25) is 0 Å². The van der Waals surface area contributed by atoms with Crippen molar-refractivity contribution in [1.29, 1.82) is 0 Å². The van der Waals surface area contributed by atoms with Gasteiger partial charge in [-0.05, 0) is 30.3 Å². The highest BCUT2D eigenvalue weighted by atomic mass is 35.5. The van der Waals surface area contributed by atoms with Crippen LogP contribution in [0.2, 0.25) is 10.0 Å². The minimum atomic E-state index is -0.590. The Morgan fingerprint density at radius 2 is 1.96 bits per heavy atom. The second kappa shape index (κ2) is 6.90. The summed E-state index contributed by atoms with van der Waals surface area (Å²) >= 11 is 11.9. The van der Waals surface area contributed by atoms with E-state index >= 15 is 0 Å². The number of rotatable bonds is 4. The lowest BCUT2D eigenvalue weighted by Crippen LogP contribution is -2.12. The predicted molar refractivity (Wildman–Crippen MR) is 90.7 cm³/mol. The molecule has 8 heteroatoms. The average molecular weight is 364 g/mol. The van der Waals surface area contributed by atoms with Crippen molar-refractivity contribution in [1.82, 2.24) is 10.2 Å². The highest BCUT2D eigenvalue weighted by molar-refractivity contribution is 6.35. The van der Waals surface area contributed by atoms with Crippen LogP contribution in [0.4, 0.5) is 5.69 Å². The number of nitrogens with one attached hydrogen (secondary N) is 1. The summed E-state index contributed by atoms with van der Waals surface area (Å²) in [6.07, 6.45) is 0. The van der Waals surface area contributed by atoms with Crippen LogP contribution in [0.5, 0.6) is 5.75 Å². The average Bonchev–Trinajstić information content (AvgIpc) is 3.08. The van der Waals surface area contributed by atoms with Gasteiger partial charge in [-0.2, -0.15) is 0 Å². The van der Waals surface area contributed by atoms with Crippen molar-refractivity contribution in [2.75, 3.05) is 12.4 Å². The highest BCUT2D eigenvalue weighted by Crippen LogP contribution is 2.29. The zero-order chi connectivity index (χ0) is 17.1. The Bertz CT molecular complexity index is 896. The van der Waals surface area contributed by atoms with Crippen LogP contribution in [0.25, 0.3) is 11.5 Å². The van der Waals surface area contributed by atoms with Gasteiger partial charge < -0.3 is 14.5 Å². The molecule has 0 aliphatic carbocycles. The smallest absolute Gasteiger partial charge is 0.313 e. The number of anilines is 1. The van der Waals surface area contributed by atoms with E-state index in [0.29, 0.717) is 27.0 Å². The van der Waals surface area contributed by atoms with Gasteiger partial charge in [0.05, 0.1) is 23.4 Å². The fourth-order valence-corrected chi connectivity index (χ4v) is 2.35. The van der Waals surface area contributed by atoms with Gasteiger partial charge in [0, 0.05) is 5.02 Å². The maximum Gasteiger partial charge on any atom is 0.313 e. The monoisotopic (exact) mass is 363 g/mol. The Morgan fingerprint density at radius 1 is 1.17 bits per heavy atom. The Morgan fingerprint density at radius 3 is 2.75 bits per heavy atom. The third-order valence-corrected chi connectivity index (χ3v) is 3.70. The van der Waals surface area contributed by atoms with Crippen LogP contribution in [-0.4, -0.2) is 23.2 Å². The zero-order valence-corrected chi connectivity index (χ0v) is 13.9. The molecule has 2 aromatic carbocycles. The summed E-state index contributed by atoms with van der Waals surface area (Å²) < 4.78 is 10.7. The second-order valence-corrected chi connectivity index (χ2v) is 5.53. The Kier molecular flexibility index (Phi) is 4.69. The van der Waals surface area contributed by atoms with Crippen LogP contribution in [0.15, 0.2) is 46.9 Å². The molecule has 0 aliphatic heterocycles. The van der Waals surface area contributed by atoms with Gasteiger partial charge in [0.1, 0.15) is 5.75 Å². The lowest BCUT2D eigenvalue weighted by molar-refractivity contribution is 0.0991. The van der Waals surface area contributed by atoms with Crippen LogP contribution in [0.1, 0.15) is 10.7 Å². The van der Waals surface area contributed by atoms with Gasteiger partial charge in [-0.3, -0.25) is 4.79 Å². The molecule has 24 heavy (non-hydrogen) atoms. The number of methoxy groups -OCH3 is 1. The minimum absolute atomic E-state index is 0.176. The van der Waals surface area contributed by atoms with Crippen molar-refractivity contribution < 1.29 is 13.9 Å². The maximum absolute atomic E-state index is 12.2. The van der Waals surface area contributed by atoms with E-state index < -0.39 is 5.91 Å². The molecule has 1 amide bonds. The molecule has 122 valence electrons. The second-order valence-electron chi connectivity index (χ2n) is 4.69. The number of hydrogen-bond acceptors (Lipinski definition) is 5. The van der Waals surface area contributed by atoms with Gasteiger partial charge in [-0.15, -0.1) is 10.2 Å². The van der Waals surface area contributed by atoms with Gasteiger partial charge in [-0.25, -0.2) is 0 Å². The van der Waals surface area contributed by atoms with Crippen LogP contribution in [-0.2, 0) is 0 Å². The Labute approximate surface area is 147 Å². The van der Waals surface area contributed by atoms with Crippen LogP contribution >= 0.6 is 23.2 Å². The molecule has 3 rings (SSSR count). The van der Waals surface area contributed by atoms with Gasteiger partial charge in [0.15, 0.2) is 0 Å². The summed E-state index contributed by atoms with van der Waals surface area (Å²) in [7, 11) is 1.53. The normalized spacial score (nSPS) is 10.5. The summed E-state index contributed by atoms with van der Waals surface area (Å²) in [5, 5.41) is 11.0. The highest BCUT2D eigenvalue weighted by Gasteiger charge is 2.19. The Hall–Kier alpha value is -2.57. The number of carbonyl (C=O) groups excluding carboxylic acids is 1. The largest absolute Gasteiger partial charge is 0.496 e. The first kappa shape index (κ1) is 16.3. The minimum Gasteiger partial charge on any atom is -0.496 e. The number of aromatic nitrogens is 2. The fourth-order valence-electron chi connectivity index (χ4n) is 2.01. The molecule has 0 unspecified atom stereocenters. The lowest BCUT2D eigenvalue weighted by Gasteiger charge is -2.05. The van der Waals surface area contributed by atoms with E-state index in [2.05, 4.69) is 15.5 Å². The van der Waals surface area contributed by atoms with E-state index in [4.69, 9.17) is 32.4 Å². The van der Waals surface area contributed by atoms with Gasteiger partial charge >= 0.3 is 11.8 Å². The van der Waals surface area contributed by atoms with Gasteiger partial charge in [-0.1, -0.05) is 35.3 Å². The fraction of sp³-hybridized carbons (Fsp3) is 0.0625. The van der Waals surface area contributed by atoms with E-state index in [1.807, 2.05) is 6.07 Å². The molecule has 0 aliphatic rings. The summed E-state index contributed by atoms with van der Waals surface area (Å²) in [6.45, 7) is 0. The topological polar surface area (TPSA) is 77.2 Å². The third-order valence-electron chi connectivity index (χ3n) is 3.13. The number of benzene rings is 2. The molecule has 1 aromatic heterocycles. The maximum atomic E-state index is 12.2. The molecule has 0 spiro atoms. The Balaban J connectivity index is 1.85. The molecule has 1 heterocycles. The molecule has 0 fully saturated rings. The molecular formula is C16H11Cl2N3O3. The first-order valence-corrected chi connectivity index (χ1v) is 7.57. The molecule has 0 atom stereocenters. The molecular weight excluding hydrogens is 353 g/mol. The molecule has 0 bridgehead atoms. The first-order valence-electron chi connectivity index (χ1n) is 6.82. The molecule has 1 N–H and O–H groups in total. The van der Waals surface area contributed by atoms with Crippen molar-refractivity contribution in [3.8, 4) is 17.2 Å². The SMILES string of the molecule is COc1ccccc1-c1nnc(C(=O)Nc2cc(Cl)ccc2Cl)o1. The molecule has 0 saturated heterocycles. The van der Waals surface area contributed by atoms with E-state index in [1.165, 1.54) is 13.2 Å². The van der Waals surface area contributed by atoms with Crippen LogP contribution < -0.4 is 10.1 Å². The van der Waals surface area contributed by atoms with Gasteiger partial charge in [0.25, 0.3) is 5.89 Å². The van der Waals surface area contributed by atoms with E-state index in [9.17, 15) is 4.79 Å². The van der Waals surface area contributed by atoms with Crippen LogP contribution in [0, 0.1) is 0 Å². The first-order chi connectivity index (χ1) is 11.6. The third kappa shape index (κ3) is 3.34. The summed E-state index contributed by atoms with van der Waals surface area (Å²) in [4.78, 5) is 12.2. The van der Waals surface area contributed by atoms with Crippen molar-refractivity contribution in [2.45, 2.75) is 0 Å². The van der Waals surface area contributed by atoms with Crippen molar-refractivity contribution >= 4 is 34.8 Å². The lowest BCUT2D eigenvalue weighted by atomic mass is 10.2. The van der Waals surface area contributed by atoms with E-state index in [0.717, 1.165) is 0 Å². The number of nitrogens with zero attached hydrogens (tertiary/aromatic N) is 2. The predicted octanol–water partition coefficient (Wildman–Crippen LogP) is 4.30. The summed E-state index contributed by atoms with van der Waals surface area (Å²) in [5.74, 6) is -0.0550. The van der Waals surface area contributed by atoms with Crippen molar-refractivity contribution in [3.05, 3.63) is 58.4 Å². The number of carbonyl (C=O) groups is 1. The van der Waals surface area contributed by atoms with Crippen LogP contribution in [0.3, 0.4) is 0 Å². The number of amides is 1. The zero-order valence-electron chi connectivity index (χ0n) is 12.4. The number of ether oxygens (including phenoxy) is 1. The van der Waals surface area contributed by atoms with E-state index in [1.54, 1.807) is 30.3 Å². The van der Waals surface area contributed by atoms with Crippen molar-refractivity contribution in [3.63, 3.8) is 0 Å². The molecule has 6 nitrogen and oxygen atoms in total.